The summed E-state index contributed by atoms with van der Waals surface area (Å²) in [5.74, 6) is 0.300. The molecule has 0 radical (unpaired) electrons. The standard InChI is InChI=1S/C16H21F/c1-6-12(4)15(11(2)3)10-14-8-7-9-16(17)13(14)5/h6-11H,1-5H3/b12-6-,15-10+. The van der Waals surface area contributed by atoms with Crippen LogP contribution in [0, 0.1) is 18.7 Å². The fourth-order valence-corrected chi connectivity index (χ4v) is 1.85. The van der Waals surface area contributed by atoms with Crippen LogP contribution >= 0.6 is 0 Å². The molecule has 1 heteroatoms. The first kappa shape index (κ1) is 13.7. The van der Waals surface area contributed by atoms with Crippen LogP contribution in [0.4, 0.5) is 4.39 Å². The molecule has 0 aromatic heterocycles. The van der Waals surface area contributed by atoms with Crippen LogP contribution in [-0.2, 0) is 0 Å². The highest BCUT2D eigenvalue weighted by Crippen LogP contribution is 2.24. The molecule has 0 aliphatic rings. The highest BCUT2D eigenvalue weighted by Gasteiger charge is 2.07. The second-order valence-corrected chi connectivity index (χ2v) is 4.68. The molecule has 0 atom stereocenters. The molecule has 0 bridgehead atoms. The van der Waals surface area contributed by atoms with Gasteiger partial charge in [-0.1, -0.05) is 43.7 Å². The summed E-state index contributed by atoms with van der Waals surface area (Å²) in [6, 6.07) is 5.23. The van der Waals surface area contributed by atoms with Gasteiger partial charge in [0.05, 0.1) is 0 Å². The van der Waals surface area contributed by atoms with E-state index in [0.29, 0.717) is 5.92 Å². The quantitative estimate of drug-likeness (QED) is 0.633. The summed E-state index contributed by atoms with van der Waals surface area (Å²) in [4.78, 5) is 0. The van der Waals surface area contributed by atoms with Crippen molar-refractivity contribution >= 4 is 6.08 Å². The maximum absolute atomic E-state index is 13.5. The number of hydrogen-bond donors (Lipinski definition) is 0. The first-order valence-electron chi connectivity index (χ1n) is 6.07. The first-order valence-corrected chi connectivity index (χ1v) is 6.07. The molecule has 0 nitrogen and oxygen atoms in total. The monoisotopic (exact) mass is 232 g/mol. The van der Waals surface area contributed by atoms with E-state index >= 15 is 0 Å². The smallest absolute Gasteiger partial charge is 0.126 e. The van der Waals surface area contributed by atoms with Crippen molar-refractivity contribution in [3.05, 3.63) is 52.4 Å². The van der Waals surface area contributed by atoms with Crippen molar-refractivity contribution in [1.29, 1.82) is 0 Å². The zero-order chi connectivity index (χ0) is 13.0. The average Bonchev–Trinajstić information content (AvgIpc) is 2.29. The van der Waals surface area contributed by atoms with Crippen LogP contribution in [0.3, 0.4) is 0 Å². The van der Waals surface area contributed by atoms with Crippen LogP contribution in [0.25, 0.3) is 6.08 Å². The SMILES string of the molecule is C/C=C(C)\C(=C\c1cccc(F)c1C)C(C)C. The van der Waals surface area contributed by atoms with Gasteiger partial charge in [-0.3, -0.25) is 0 Å². The minimum absolute atomic E-state index is 0.139. The van der Waals surface area contributed by atoms with E-state index in [9.17, 15) is 4.39 Å². The van der Waals surface area contributed by atoms with E-state index in [4.69, 9.17) is 0 Å². The van der Waals surface area contributed by atoms with Crippen LogP contribution in [-0.4, -0.2) is 0 Å². The first-order chi connectivity index (χ1) is 7.97. The largest absolute Gasteiger partial charge is 0.207 e. The lowest BCUT2D eigenvalue weighted by Crippen LogP contribution is -1.97. The van der Waals surface area contributed by atoms with Gasteiger partial charge in [0.25, 0.3) is 0 Å². The second kappa shape index (κ2) is 5.81. The molecule has 0 N–H and O–H groups in total. The topological polar surface area (TPSA) is 0 Å². The van der Waals surface area contributed by atoms with Gasteiger partial charge in [0.2, 0.25) is 0 Å². The van der Waals surface area contributed by atoms with Gasteiger partial charge in [-0.25, -0.2) is 4.39 Å². The van der Waals surface area contributed by atoms with Gasteiger partial charge in [0.15, 0.2) is 0 Å². The van der Waals surface area contributed by atoms with Crippen molar-refractivity contribution < 1.29 is 4.39 Å². The average molecular weight is 232 g/mol. The third-order valence-electron chi connectivity index (χ3n) is 3.13. The minimum Gasteiger partial charge on any atom is -0.207 e. The number of rotatable bonds is 3. The number of halogens is 1. The maximum Gasteiger partial charge on any atom is 0.126 e. The second-order valence-electron chi connectivity index (χ2n) is 4.68. The van der Waals surface area contributed by atoms with Gasteiger partial charge >= 0.3 is 0 Å². The summed E-state index contributed by atoms with van der Waals surface area (Å²) >= 11 is 0. The molecule has 0 spiro atoms. The van der Waals surface area contributed by atoms with E-state index in [1.165, 1.54) is 17.2 Å². The Morgan fingerprint density at radius 2 is 1.94 bits per heavy atom. The highest BCUT2D eigenvalue weighted by molar-refractivity contribution is 5.61. The Kier molecular flexibility index (Phi) is 4.68. The molecule has 0 aliphatic heterocycles. The number of allylic oxidation sites excluding steroid dienone is 3. The molecule has 0 heterocycles. The Balaban J connectivity index is 3.27. The van der Waals surface area contributed by atoms with Crippen molar-refractivity contribution in [3.8, 4) is 0 Å². The fraction of sp³-hybridized carbons (Fsp3) is 0.375. The maximum atomic E-state index is 13.5. The molecule has 0 saturated heterocycles. The summed E-state index contributed by atoms with van der Waals surface area (Å²) in [6.07, 6.45) is 4.19. The predicted molar refractivity (Wildman–Crippen MR) is 73.4 cm³/mol. The van der Waals surface area contributed by atoms with Crippen molar-refractivity contribution in [1.82, 2.24) is 0 Å². The zero-order valence-corrected chi connectivity index (χ0v) is 11.3. The molecular formula is C16H21F. The van der Waals surface area contributed by atoms with E-state index in [0.717, 1.165) is 11.1 Å². The molecule has 92 valence electrons. The van der Waals surface area contributed by atoms with Crippen LogP contribution < -0.4 is 0 Å². The van der Waals surface area contributed by atoms with E-state index in [2.05, 4.69) is 32.9 Å². The van der Waals surface area contributed by atoms with E-state index in [1.807, 2.05) is 19.9 Å². The highest BCUT2D eigenvalue weighted by atomic mass is 19.1. The number of hydrogen-bond acceptors (Lipinski definition) is 0. The van der Waals surface area contributed by atoms with Crippen LogP contribution in [0.5, 0.6) is 0 Å². The minimum atomic E-state index is -0.139. The number of benzene rings is 1. The molecule has 1 rings (SSSR count). The van der Waals surface area contributed by atoms with Gasteiger partial charge in [-0.05, 0) is 49.5 Å². The lowest BCUT2D eigenvalue weighted by atomic mass is 9.93. The molecule has 1 aromatic carbocycles. The summed E-state index contributed by atoms with van der Waals surface area (Å²) in [5, 5.41) is 0. The van der Waals surface area contributed by atoms with Gasteiger partial charge < -0.3 is 0 Å². The van der Waals surface area contributed by atoms with E-state index in [-0.39, 0.29) is 5.82 Å². The Labute approximate surface area is 104 Å². The normalized spacial score (nSPS) is 13.4. The fourth-order valence-electron chi connectivity index (χ4n) is 1.85. The van der Waals surface area contributed by atoms with Crippen molar-refractivity contribution in [3.63, 3.8) is 0 Å². The summed E-state index contributed by atoms with van der Waals surface area (Å²) in [7, 11) is 0. The Bertz CT molecular complexity index is 451. The molecule has 0 saturated carbocycles. The molecule has 0 amide bonds. The molecule has 0 unspecified atom stereocenters. The van der Waals surface area contributed by atoms with Crippen molar-refractivity contribution in [2.45, 2.75) is 34.6 Å². The molecule has 0 aliphatic carbocycles. The Morgan fingerprint density at radius 1 is 1.29 bits per heavy atom. The van der Waals surface area contributed by atoms with Gasteiger partial charge in [-0.15, -0.1) is 0 Å². The van der Waals surface area contributed by atoms with Gasteiger partial charge in [0, 0.05) is 0 Å². The van der Waals surface area contributed by atoms with Crippen LogP contribution in [0.15, 0.2) is 35.4 Å². The molecule has 17 heavy (non-hydrogen) atoms. The van der Waals surface area contributed by atoms with E-state index < -0.39 is 0 Å². The Morgan fingerprint density at radius 3 is 2.47 bits per heavy atom. The lowest BCUT2D eigenvalue weighted by Gasteiger charge is -2.13. The summed E-state index contributed by atoms with van der Waals surface area (Å²) in [5.41, 5.74) is 4.20. The van der Waals surface area contributed by atoms with Gasteiger partial charge in [0.1, 0.15) is 5.82 Å². The van der Waals surface area contributed by atoms with Crippen LogP contribution in [0.1, 0.15) is 38.8 Å². The summed E-state index contributed by atoms with van der Waals surface area (Å²) < 4.78 is 13.5. The lowest BCUT2D eigenvalue weighted by molar-refractivity contribution is 0.618. The molecule has 0 fully saturated rings. The molecule has 1 aromatic rings. The zero-order valence-electron chi connectivity index (χ0n) is 11.3. The third-order valence-corrected chi connectivity index (χ3v) is 3.13. The van der Waals surface area contributed by atoms with Gasteiger partial charge in [-0.2, -0.15) is 0 Å². The Hall–Kier alpha value is -1.37. The van der Waals surface area contributed by atoms with Crippen molar-refractivity contribution in [2.24, 2.45) is 5.92 Å². The molecular weight excluding hydrogens is 211 g/mol. The van der Waals surface area contributed by atoms with E-state index in [1.54, 1.807) is 6.07 Å². The predicted octanol–water partition coefficient (Wildman–Crippen LogP) is 5.14. The van der Waals surface area contributed by atoms with Crippen molar-refractivity contribution in [2.75, 3.05) is 0 Å². The third kappa shape index (κ3) is 3.29. The summed E-state index contributed by atoms with van der Waals surface area (Å²) in [6.45, 7) is 10.3. The van der Waals surface area contributed by atoms with Crippen LogP contribution in [0.2, 0.25) is 0 Å².